The fourth-order valence-electron chi connectivity index (χ4n) is 3.09. The number of nitrogens with zero attached hydrogens (tertiary/aromatic N) is 2. The SMILES string of the molecule is CSCC[C@H](CO)NC(=O)[C@H]1CC(=O)N(c2n[nH]c3cccc(F)c23)C1. The summed E-state index contributed by atoms with van der Waals surface area (Å²) in [5, 5.41) is 19.2. The molecule has 1 aliphatic rings. The van der Waals surface area contributed by atoms with Crippen molar-refractivity contribution in [3.63, 3.8) is 0 Å². The topological polar surface area (TPSA) is 98.3 Å². The Labute approximate surface area is 154 Å². The Morgan fingerprint density at radius 1 is 1.58 bits per heavy atom. The third-order valence-corrected chi connectivity index (χ3v) is 5.15. The monoisotopic (exact) mass is 380 g/mol. The summed E-state index contributed by atoms with van der Waals surface area (Å²) < 4.78 is 14.1. The number of aliphatic hydroxyl groups excluding tert-OH is 1. The fourth-order valence-corrected chi connectivity index (χ4v) is 3.61. The highest BCUT2D eigenvalue weighted by molar-refractivity contribution is 7.98. The normalized spacial score (nSPS) is 18.5. The maximum atomic E-state index is 14.1. The van der Waals surface area contributed by atoms with Crippen molar-refractivity contribution in [3.8, 4) is 0 Å². The number of nitrogens with one attached hydrogen (secondary N) is 2. The number of anilines is 1. The molecule has 0 unspecified atom stereocenters. The van der Waals surface area contributed by atoms with E-state index in [1.54, 1.807) is 23.9 Å². The zero-order valence-corrected chi connectivity index (χ0v) is 15.2. The van der Waals surface area contributed by atoms with Crippen LogP contribution in [0.15, 0.2) is 18.2 Å². The van der Waals surface area contributed by atoms with E-state index in [1.807, 2.05) is 6.26 Å². The molecule has 1 aromatic heterocycles. The number of thioether (sulfide) groups is 1. The summed E-state index contributed by atoms with van der Waals surface area (Å²) in [7, 11) is 0. The molecule has 1 fully saturated rings. The summed E-state index contributed by atoms with van der Waals surface area (Å²) in [6.45, 7) is -0.00841. The first-order valence-electron chi connectivity index (χ1n) is 8.38. The Hall–Kier alpha value is -2.13. The quantitative estimate of drug-likeness (QED) is 0.672. The van der Waals surface area contributed by atoms with Gasteiger partial charge in [0.15, 0.2) is 5.82 Å². The van der Waals surface area contributed by atoms with E-state index >= 15 is 0 Å². The third-order valence-electron chi connectivity index (χ3n) is 4.51. The van der Waals surface area contributed by atoms with Gasteiger partial charge in [0.05, 0.1) is 29.5 Å². The van der Waals surface area contributed by atoms with Crippen LogP contribution in [-0.4, -0.2) is 58.3 Å². The molecule has 2 heterocycles. The van der Waals surface area contributed by atoms with E-state index in [1.165, 1.54) is 11.0 Å². The van der Waals surface area contributed by atoms with Crippen LogP contribution in [0.5, 0.6) is 0 Å². The number of halogens is 1. The number of carbonyl (C=O) groups is 2. The highest BCUT2D eigenvalue weighted by Crippen LogP contribution is 2.31. The van der Waals surface area contributed by atoms with Crippen molar-refractivity contribution in [1.29, 1.82) is 0 Å². The number of aromatic nitrogens is 2. The van der Waals surface area contributed by atoms with Crippen LogP contribution >= 0.6 is 11.8 Å². The maximum Gasteiger partial charge on any atom is 0.229 e. The van der Waals surface area contributed by atoms with Gasteiger partial charge in [-0.1, -0.05) is 6.07 Å². The van der Waals surface area contributed by atoms with E-state index in [0.717, 1.165) is 5.75 Å². The Bertz CT molecular complexity index is 812. The third kappa shape index (κ3) is 3.68. The lowest BCUT2D eigenvalue weighted by molar-refractivity contribution is -0.127. The van der Waals surface area contributed by atoms with E-state index in [2.05, 4.69) is 15.5 Å². The van der Waals surface area contributed by atoms with Gasteiger partial charge in [0.25, 0.3) is 0 Å². The second kappa shape index (κ2) is 8.05. The first-order valence-corrected chi connectivity index (χ1v) is 9.77. The number of hydrogen-bond donors (Lipinski definition) is 3. The predicted molar refractivity (Wildman–Crippen MR) is 98.5 cm³/mol. The van der Waals surface area contributed by atoms with Crippen molar-refractivity contribution in [2.75, 3.05) is 30.1 Å². The molecule has 1 aliphatic heterocycles. The van der Waals surface area contributed by atoms with Crippen LogP contribution in [-0.2, 0) is 9.59 Å². The molecule has 26 heavy (non-hydrogen) atoms. The minimum atomic E-state index is -0.552. The van der Waals surface area contributed by atoms with Crippen LogP contribution in [0, 0.1) is 11.7 Å². The van der Waals surface area contributed by atoms with Crippen LogP contribution < -0.4 is 10.2 Å². The van der Waals surface area contributed by atoms with Crippen molar-refractivity contribution in [1.82, 2.24) is 15.5 Å². The van der Waals surface area contributed by atoms with E-state index in [9.17, 15) is 19.1 Å². The molecule has 3 rings (SSSR count). The second-order valence-electron chi connectivity index (χ2n) is 6.28. The van der Waals surface area contributed by atoms with E-state index < -0.39 is 11.7 Å². The summed E-state index contributed by atoms with van der Waals surface area (Å²) in [6.07, 6.45) is 2.65. The van der Waals surface area contributed by atoms with Gasteiger partial charge in [-0.15, -0.1) is 0 Å². The zero-order chi connectivity index (χ0) is 18.7. The number of aliphatic hydroxyl groups is 1. The smallest absolute Gasteiger partial charge is 0.229 e. The molecular formula is C17H21FN4O3S. The number of carbonyl (C=O) groups excluding carboxylic acids is 2. The Morgan fingerprint density at radius 2 is 2.38 bits per heavy atom. The van der Waals surface area contributed by atoms with E-state index in [-0.39, 0.29) is 48.6 Å². The molecule has 2 amide bonds. The Kier molecular flexibility index (Phi) is 5.77. The number of benzene rings is 1. The number of aromatic amines is 1. The number of fused-ring (bicyclic) bond motifs is 1. The molecule has 0 saturated carbocycles. The van der Waals surface area contributed by atoms with Crippen molar-refractivity contribution in [3.05, 3.63) is 24.0 Å². The standard InChI is InChI=1S/C17H21FN4O3S/c1-26-6-5-11(9-23)19-17(25)10-7-14(24)22(8-10)16-15-12(18)3-2-4-13(15)20-21-16/h2-4,10-11,23H,5-9H2,1H3,(H,19,25)(H,20,21)/t10-,11+/m0/s1. The molecule has 2 aromatic rings. The minimum Gasteiger partial charge on any atom is -0.394 e. The molecule has 0 aliphatic carbocycles. The van der Waals surface area contributed by atoms with Gasteiger partial charge in [0.2, 0.25) is 11.8 Å². The molecule has 2 atom stereocenters. The van der Waals surface area contributed by atoms with Crippen LogP contribution in [0.25, 0.3) is 10.9 Å². The minimum absolute atomic E-state index is 0.0370. The van der Waals surface area contributed by atoms with Crippen molar-refractivity contribution in [2.24, 2.45) is 5.92 Å². The van der Waals surface area contributed by atoms with E-state index in [4.69, 9.17) is 0 Å². The van der Waals surface area contributed by atoms with Gasteiger partial charge in [-0.2, -0.15) is 16.9 Å². The van der Waals surface area contributed by atoms with Crippen LogP contribution in [0.3, 0.4) is 0 Å². The van der Waals surface area contributed by atoms with Gasteiger partial charge in [0, 0.05) is 13.0 Å². The average Bonchev–Trinajstić information content (AvgIpc) is 3.22. The molecule has 140 valence electrons. The van der Waals surface area contributed by atoms with E-state index in [0.29, 0.717) is 11.9 Å². The Morgan fingerprint density at radius 3 is 3.12 bits per heavy atom. The summed E-state index contributed by atoms with van der Waals surface area (Å²) in [6, 6.07) is 4.22. The van der Waals surface area contributed by atoms with Crippen LogP contribution in [0.1, 0.15) is 12.8 Å². The number of rotatable bonds is 7. The highest BCUT2D eigenvalue weighted by atomic mass is 32.2. The lowest BCUT2D eigenvalue weighted by atomic mass is 10.1. The molecular weight excluding hydrogens is 359 g/mol. The summed E-state index contributed by atoms with van der Waals surface area (Å²) in [4.78, 5) is 26.2. The fraction of sp³-hybridized carbons (Fsp3) is 0.471. The van der Waals surface area contributed by atoms with Gasteiger partial charge < -0.3 is 10.4 Å². The van der Waals surface area contributed by atoms with Crippen molar-refractivity contribution in [2.45, 2.75) is 18.9 Å². The molecule has 0 spiro atoms. The highest BCUT2D eigenvalue weighted by Gasteiger charge is 2.37. The summed E-state index contributed by atoms with van der Waals surface area (Å²) in [5.41, 5.74) is 0.498. The van der Waals surface area contributed by atoms with Gasteiger partial charge in [-0.3, -0.25) is 19.6 Å². The van der Waals surface area contributed by atoms with Gasteiger partial charge in [0.1, 0.15) is 5.82 Å². The number of hydrogen-bond acceptors (Lipinski definition) is 5. The van der Waals surface area contributed by atoms with Gasteiger partial charge in [-0.05, 0) is 30.6 Å². The Balaban J connectivity index is 1.73. The van der Waals surface area contributed by atoms with Gasteiger partial charge in [-0.25, -0.2) is 4.39 Å². The molecule has 7 nitrogen and oxygen atoms in total. The lowest BCUT2D eigenvalue weighted by Crippen LogP contribution is -2.42. The largest absolute Gasteiger partial charge is 0.394 e. The van der Waals surface area contributed by atoms with Crippen LogP contribution in [0.2, 0.25) is 0 Å². The molecule has 1 aromatic carbocycles. The second-order valence-corrected chi connectivity index (χ2v) is 7.27. The van der Waals surface area contributed by atoms with Crippen molar-refractivity contribution >= 4 is 40.3 Å². The first-order chi connectivity index (χ1) is 12.5. The van der Waals surface area contributed by atoms with Crippen LogP contribution in [0.4, 0.5) is 10.2 Å². The molecule has 0 radical (unpaired) electrons. The van der Waals surface area contributed by atoms with Crippen molar-refractivity contribution < 1.29 is 19.1 Å². The summed E-state index contributed by atoms with van der Waals surface area (Å²) in [5.74, 6) is -0.541. The van der Waals surface area contributed by atoms with Gasteiger partial charge >= 0.3 is 0 Å². The molecule has 0 bridgehead atoms. The first kappa shape index (κ1) is 18.7. The zero-order valence-electron chi connectivity index (χ0n) is 14.4. The number of H-pyrrole nitrogens is 1. The molecule has 1 saturated heterocycles. The summed E-state index contributed by atoms with van der Waals surface area (Å²) >= 11 is 1.63. The number of amides is 2. The molecule has 3 N–H and O–H groups in total. The molecule has 9 heteroatoms. The average molecular weight is 380 g/mol. The maximum absolute atomic E-state index is 14.1. The lowest BCUT2D eigenvalue weighted by Gasteiger charge is -2.19. The predicted octanol–water partition coefficient (Wildman–Crippen LogP) is 1.29.